The Morgan fingerprint density at radius 2 is 2.09 bits per heavy atom. The number of anilines is 1. The van der Waals surface area contributed by atoms with Gasteiger partial charge < -0.3 is 15.4 Å². The second-order valence-corrected chi connectivity index (χ2v) is 5.56. The van der Waals surface area contributed by atoms with Crippen molar-refractivity contribution in [3.63, 3.8) is 0 Å². The number of rotatable bonds is 5. The molecule has 2 aromatic rings. The fraction of sp³-hybridized carbons (Fsp3) is 0.267. The molecule has 1 aromatic heterocycles. The summed E-state index contributed by atoms with van der Waals surface area (Å²) in [5, 5.41) is 6.85. The molecule has 0 spiro atoms. The monoisotopic (exact) mass is 344 g/mol. The third kappa shape index (κ3) is 4.88. The number of hydrogen-bond donors (Lipinski definition) is 2. The Bertz CT molecular complexity index is 657. The van der Waals surface area contributed by atoms with Gasteiger partial charge in [0.25, 0.3) is 0 Å². The van der Waals surface area contributed by atoms with Gasteiger partial charge in [-0.1, -0.05) is 6.07 Å². The number of amides is 2. The first-order valence-corrected chi connectivity index (χ1v) is 7.69. The molecule has 8 heteroatoms. The van der Waals surface area contributed by atoms with E-state index in [1.807, 2.05) is 17.5 Å². The molecule has 0 fully saturated rings. The summed E-state index contributed by atoms with van der Waals surface area (Å²) in [6.07, 6.45) is -4.49. The lowest BCUT2D eigenvalue weighted by atomic mass is 10.2. The number of nitrogens with one attached hydrogen (secondary N) is 2. The summed E-state index contributed by atoms with van der Waals surface area (Å²) < 4.78 is 43.6. The molecule has 0 aliphatic carbocycles. The van der Waals surface area contributed by atoms with Gasteiger partial charge in [-0.3, -0.25) is 0 Å². The number of carbonyl (C=O) groups is 1. The van der Waals surface area contributed by atoms with Crippen LogP contribution in [0.4, 0.5) is 23.7 Å². The normalized spacial score (nSPS) is 11.1. The smallest absolute Gasteiger partial charge is 0.416 e. The van der Waals surface area contributed by atoms with E-state index in [4.69, 9.17) is 4.74 Å². The van der Waals surface area contributed by atoms with Crippen LogP contribution in [-0.2, 0) is 12.7 Å². The molecule has 0 aliphatic heterocycles. The van der Waals surface area contributed by atoms with Crippen molar-refractivity contribution >= 4 is 23.1 Å². The average molecular weight is 344 g/mol. The Balaban J connectivity index is 2.10. The molecule has 0 aliphatic rings. The van der Waals surface area contributed by atoms with Gasteiger partial charge in [0, 0.05) is 4.88 Å². The van der Waals surface area contributed by atoms with Crippen LogP contribution in [0.5, 0.6) is 5.75 Å². The molecule has 2 N–H and O–H groups in total. The molecule has 1 heterocycles. The fourth-order valence-corrected chi connectivity index (χ4v) is 2.48. The summed E-state index contributed by atoms with van der Waals surface area (Å²) >= 11 is 1.47. The number of benzene rings is 1. The molecule has 0 radical (unpaired) electrons. The van der Waals surface area contributed by atoms with Gasteiger partial charge in [-0.05, 0) is 36.6 Å². The van der Waals surface area contributed by atoms with Crippen molar-refractivity contribution < 1.29 is 22.7 Å². The van der Waals surface area contributed by atoms with E-state index in [9.17, 15) is 18.0 Å². The third-order valence-corrected chi connectivity index (χ3v) is 3.73. The van der Waals surface area contributed by atoms with Gasteiger partial charge in [0.15, 0.2) is 0 Å². The molecule has 2 amide bonds. The zero-order chi connectivity index (χ0) is 16.9. The van der Waals surface area contributed by atoms with Crippen LogP contribution in [0, 0.1) is 0 Å². The van der Waals surface area contributed by atoms with Crippen LogP contribution in [0.3, 0.4) is 0 Å². The van der Waals surface area contributed by atoms with Crippen LogP contribution in [0.2, 0.25) is 0 Å². The van der Waals surface area contributed by atoms with Crippen LogP contribution in [-0.4, -0.2) is 12.6 Å². The molecule has 0 unspecified atom stereocenters. The van der Waals surface area contributed by atoms with Crippen molar-refractivity contribution in [3.05, 3.63) is 46.2 Å². The lowest BCUT2D eigenvalue weighted by molar-refractivity contribution is -0.137. The van der Waals surface area contributed by atoms with Crippen molar-refractivity contribution in [1.29, 1.82) is 0 Å². The van der Waals surface area contributed by atoms with Crippen LogP contribution in [0.25, 0.3) is 0 Å². The van der Waals surface area contributed by atoms with Crippen LogP contribution in [0.15, 0.2) is 35.7 Å². The molecule has 1 aromatic carbocycles. The van der Waals surface area contributed by atoms with E-state index in [2.05, 4.69) is 10.6 Å². The molecule has 23 heavy (non-hydrogen) atoms. The quantitative estimate of drug-likeness (QED) is 0.840. The average Bonchev–Trinajstić information content (AvgIpc) is 2.99. The van der Waals surface area contributed by atoms with Gasteiger partial charge in [-0.25, -0.2) is 4.79 Å². The predicted octanol–water partition coefficient (Wildman–Crippen LogP) is 4.49. The minimum Gasteiger partial charge on any atom is -0.492 e. The van der Waals surface area contributed by atoms with Crippen molar-refractivity contribution in [1.82, 2.24) is 5.32 Å². The molecule has 0 saturated heterocycles. The number of carbonyl (C=O) groups excluding carboxylic acids is 1. The first-order chi connectivity index (χ1) is 10.9. The number of alkyl halides is 3. The van der Waals surface area contributed by atoms with Crippen LogP contribution < -0.4 is 15.4 Å². The van der Waals surface area contributed by atoms with E-state index in [0.29, 0.717) is 6.54 Å². The molecule has 0 atom stereocenters. The summed E-state index contributed by atoms with van der Waals surface area (Å²) in [5.74, 6) is 0.187. The van der Waals surface area contributed by atoms with Gasteiger partial charge in [0.1, 0.15) is 5.75 Å². The summed E-state index contributed by atoms with van der Waals surface area (Å²) in [7, 11) is 0. The number of urea groups is 1. The standard InChI is InChI=1S/C15H15F3N2O2S/c1-2-22-13-6-5-10(15(16,17)18)8-12(13)20-14(21)19-9-11-4-3-7-23-11/h3-8H,2,9H2,1H3,(H2,19,20,21). The summed E-state index contributed by atoms with van der Waals surface area (Å²) in [6, 6.07) is 6.07. The lowest BCUT2D eigenvalue weighted by Crippen LogP contribution is -2.28. The Hall–Kier alpha value is -2.22. The lowest BCUT2D eigenvalue weighted by Gasteiger charge is -2.15. The highest BCUT2D eigenvalue weighted by Crippen LogP contribution is 2.35. The predicted molar refractivity (Wildman–Crippen MR) is 82.8 cm³/mol. The Kier molecular flexibility index (Phi) is 5.49. The molecular weight excluding hydrogens is 329 g/mol. The number of ether oxygens (including phenoxy) is 1. The SMILES string of the molecule is CCOc1ccc(C(F)(F)F)cc1NC(=O)NCc1cccs1. The Morgan fingerprint density at radius 1 is 1.30 bits per heavy atom. The second kappa shape index (κ2) is 7.36. The summed E-state index contributed by atoms with van der Waals surface area (Å²) in [4.78, 5) is 12.8. The van der Waals surface area contributed by atoms with Gasteiger partial charge in [0.2, 0.25) is 0 Å². The maximum atomic E-state index is 12.8. The number of thiophene rings is 1. The van der Waals surface area contributed by atoms with Crippen molar-refractivity contribution in [3.8, 4) is 5.75 Å². The largest absolute Gasteiger partial charge is 0.492 e. The Labute approximate surface area is 135 Å². The zero-order valence-electron chi connectivity index (χ0n) is 12.2. The highest BCUT2D eigenvalue weighted by molar-refractivity contribution is 7.09. The first-order valence-electron chi connectivity index (χ1n) is 6.81. The van der Waals surface area contributed by atoms with E-state index in [0.717, 1.165) is 17.0 Å². The van der Waals surface area contributed by atoms with Crippen molar-refractivity contribution in [2.24, 2.45) is 0 Å². The molecule has 124 valence electrons. The molecular formula is C15H15F3N2O2S. The zero-order valence-corrected chi connectivity index (χ0v) is 13.1. The van der Waals surface area contributed by atoms with E-state index in [1.54, 1.807) is 6.92 Å². The minimum absolute atomic E-state index is 0.0228. The van der Waals surface area contributed by atoms with Crippen LogP contribution in [0.1, 0.15) is 17.4 Å². The molecule has 2 rings (SSSR count). The van der Waals surface area contributed by atoms with Crippen molar-refractivity contribution in [2.45, 2.75) is 19.6 Å². The van der Waals surface area contributed by atoms with Crippen molar-refractivity contribution in [2.75, 3.05) is 11.9 Å². The maximum Gasteiger partial charge on any atom is 0.416 e. The Morgan fingerprint density at radius 3 is 2.70 bits per heavy atom. The van der Waals surface area contributed by atoms with E-state index >= 15 is 0 Å². The highest BCUT2D eigenvalue weighted by atomic mass is 32.1. The maximum absolute atomic E-state index is 12.8. The third-order valence-electron chi connectivity index (χ3n) is 2.86. The van der Waals surface area contributed by atoms with Gasteiger partial charge in [-0.2, -0.15) is 13.2 Å². The van der Waals surface area contributed by atoms with E-state index in [1.165, 1.54) is 17.4 Å². The van der Waals surface area contributed by atoms with Gasteiger partial charge in [0.05, 0.1) is 24.4 Å². The summed E-state index contributed by atoms with van der Waals surface area (Å²) in [5.41, 5.74) is -0.875. The minimum atomic E-state index is -4.49. The van der Waals surface area contributed by atoms with E-state index < -0.39 is 17.8 Å². The number of halogens is 3. The van der Waals surface area contributed by atoms with Gasteiger partial charge >= 0.3 is 12.2 Å². The topological polar surface area (TPSA) is 50.4 Å². The molecule has 0 saturated carbocycles. The molecule has 4 nitrogen and oxygen atoms in total. The summed E-state index contributed by atoms with van der Waals surface area (Å²) in [6.45, 7) is 2.28. The van der Waals surface area contributed by atoms with Crippen LogP contribution >= 0.6 is 11.3 Å². The second-order valence-electron chi connectivity index (χ2n) is 4.53. The fourth-order valence-electron chi connectivity index (χ4n) is 1.83. The molecule has 0 bridgehead atoms. The number of hydrogen-bond acceptors (Lipinski definition) is 3. The van der Waals surface area contributed by atoms with E-state index in [-0.39, 0.29) is 18.0 Å². The highest BCUT2D eigenvalue weighted by Gasteiger charge is 2.31. The van der Waals surface area contributed by atoms with Gasteiger partial charge in [-0.15, -0.1) is 11.3 Å². The first kappa shape index (κ1) is 17.1.